The van der Waals surface area contributed by atoms with Crippen molar-refractivity contribution < 1.29 is 43.5 Å². The maximum Gasteiger partial charge on any atom is 0.326 e. The molecule has 0 aromatic heterocycles. The number of hydrogen-bond acceptors (Lipinski definition) is 8. The number of aryl methyl sites for hydroxylation is 1. The lowest BCUT2D eigenvalue weighted by molar-refractivity contribution is -0.144. The Morgan fingerprint density at radius 3 is 2.03 bits per heavy atom. The van der Waals surface area contributed by atoms with Crippen LogP contribution in [-0.2, 0) is 46.4 Å². The molecule has 8 amide bonds. The van der Waals surface area contributed by atoms with Crippen LogP contribution in [-0.4, -0.2) is 107 Å². The van der Waals surface area contributed by atoms with E-state index in [1.54, 1.807) is 51.1 Å². The van der Waals surface area contributed by atoms with Crippen LogP contribution in [0.5, 0.6) is 0 Å². The molecule has 17 heteroatoms. The summed E-state index contributed by atoms with van der Waals surface area (Å²) in [5, 5.41) is 26.0. The average molecular weight is 849 g/mol. The molecule has 8 atom stereocenters. The molecule has 0 aliphatic carbocycles. The summed E-state index contributed by atoms with van der Waals surface area (Å²) in [4.78, 5) is 109. The van der Waals surface area contributed by atoms with E-state index in [1.807, 2.05) is 37.3 Å². The maximum atomic E-state index is 14.5. The van der Waals surface area contributed by atoms with E-state index >= 15 is 0 Å². The van der Waals surface area contributed by atoms with Crippen molar-refractivity contribution in [1.82, 2.24) is 36.8 Å². The van der Waals surface area contributed by atoms with Gasteiger partial charge in [0, 0.05) is 20.0 Å². The van der Waals surface area contributed by atoms with E-state index in [1.165, 1.54) is 7.05 Å². The van der Waals surface area contributed by atoms with Crippen molar-refractivity contribution in [1.29, 1.82) is 0 Å². The Morgan fingerprint density at radius 1 is 0.820 bits per heavy atom. The number of carboxylic acid groups (broad SMARTS) is 1. The topological polar surface area (TPSA) is 258 Å². The van der Waals surface area contributed by atoms with Crippen LogP contribution in [0, 0.1) is 11.8 Å². The fourth-order valence-corrected chi connectivity index (χ4v) is 7.05. The molecule has 0 radical (unpaired) electrons. The molecule has 1 fully saturated rings. The second kappa shape index (κ2) is 24.9. The highest BCUT2D eigenvalue weighted by Crippen LogP contribution is 2.16. The fourth-order valence-electron chi connectivity index (χ4n) is 7.05. The third-order valence-electron chi connectivity index (χ3n) is 11.2. The second-order valence-electron chi connectivity index (χ2n) is 15.9. The van der Waals surface area contributed by atoms with Gasteiger partial charge in [0.2, 0.25) is 35.4 Å². The predicted octanol–water partition coefficient (Wildman–Crippen LogP) is 1.92. The van der Waals surface area contributed by atoms with Gasteiger partial charge in [-0.3, -0.25) is 28.8 Å². The maximum absolute atomic E-state index is 14.5. The molecule has 2 aromatic carbocycles. The van der Waals surface area contributed by atoms with Crippen LogP contribution < -0.4 is 37.6 Å². The molecule has 61 heavy (non-hydrogen) atoms. The van der Waals surface area contributed by atoms with Gasteiger partial charge in [-0.25, -0.2) is 9.59 Å². The summed E-state index contributed by atoms with van der Waals surface area (Å²) in [7, 11) is 1.33. The van der Waals surface area contributed by atoms with Gasteiger partial charge in [0.15, 0.2) is 0 Å². The second-order valence-corrected chi connectivity index (χ2v) is 15.9. The van der Waals surface area contributed by atoms with Crippen molar-refractivity contribution in [2.24, 2.45) is 17.6 Å². The Balaban J connectivity index is 2.06. The number of aliphatic carboxylic acids is 1. The van der Waals surface area contributed by atoms with Gasteiger partial charge in [-0.2, -0.15) is 0 Å². The lowest BCUT2D eigenvalue weighted by Crippen LogP contribution is -2.61. The number of urea groups is 1. The largest absolute Gasteiger partial charge is 0.480 e. The zero-order chi connectivity index (χ0) is 45.1. The highest BCUT2D eigenvalue weighted by Gasteiger charge is 2.37. The molecular formula is C44H64N8O9. The first kappa shape index (κ1) is 49.4. The van der Waals surface area contributed by atoms with Crippen molar-refractivity contribution in [3.63, 3.8) is 0 Å². The lowest BCUT2D eigenvalue weighted by Gasteiger charge is -2.33. The van der Waals surface area contributed by atoms with Gasteiger partial charge in [-0.15, -0.1) is 0 Å². The number of likely N-dealkylation sites (N-methyl/N-ethyl adjacent to an activating group) is 1. The van der Waals surface area contributed by atoms with Crippen LogP contribution in [0.1, 0.15) is 90.2 Å². The molecule has 1 saturated heterocycles. The molecular weight excluding hydrogens is 785 g/mol. The van der Waals surface area contributed by atoms with Gasteiger partial charge in [0.25, 0.3) is 0 Å². The van der Waals surface area contributed by atoms with Crippen LogP contribution in [0.2, 0.25) is 0 Å². The van der Waals surface area contributed by atoms with Gasteiger partial charge in [0.1, 0.15) is 36.3 Å². The summed E-state index contributed by atoms with van der Waals surface area (Å²) in [6.07, 6.45) is 2.16. The van der Waals surface area contributed by atoms with E-state index in [4.69, 9.17) is 5.73 Å². The number of benzene rings is 2. The Labute approximate surface area is 358 Å². The highest BCUT2D eigenvalue weighted by atomic mass is 16.4. The van der Waals surface area contributed by atoms with Gasteiger partial charge in [-0.1, -0.05) is 101 Å². The standard InChI is InChI=1S/C44H64N8O9/c1-6-27(3)36-41(57)47-32(23-16-21-29-17-10-8-11-18-29)42(58)52(5)34(26-35(45)53)40(56)48-33(25-30-19-12-9-13-20-30)38(54)46-24-15-14-22-31(39(55)50-36)49-44(61)51-37(43(59)60)28(4)7-2/h8-13,17-20,27-28,31-34,36-37H,6-7,14-16,21-26H2,1-5H3,(H2,45,53)(H,46,54)(H,47,57)(H,48,56)(H,50,55)(H,59,60)(H2,49,51,61)/t27-,28+,31+,32-,33-,34-,36+,37-/m0/s1. The van der Waals surface area contributed by atoms with Crippen molar-refractivity contribution in [2.75, 3.05) is 13.6 Å². The Hall–Kier alpha value is -6.00. The number of primary amides is 1. The summed E-state index contributed by atoms with van der Waals surface area (Å²) < 4.78 is 0. The van der Waals surface area contributed by atoms with Gasteiger partial charge >= 0.3 is 12.0 Å². The highest BCUT2D eigenvalue weighted by molar-refractivity contribution is 5.98. The molecule has 0 bridgehead atoms. The van der Waals surface area contributed by atoms with Crippen LogP contribution >= 0.6 is 0 Å². The summed E-state index contributed by atoms with van der Waals surface area (Å²) in [6.45, 7) is 7.15. The van der Waals surface area contributed by atoms with E-state index in [-0.39, 0.29) is 25.8 Å². The van der Waals surface area contributed by atoms with Crippen molar-refractivity contribution >= 4 is 47.4 Å². The average Bonchev–Trinajstić information content (AvgIpc) is 3.24. The zero-order valence-electron chi connectivity index (χ0n) is 35.9. The van der Waals surface area contributed by atoms with Gasteiger partial charge in [0.05, 0.1) is 6.42 Å². The quantitative estimate of drug-likeness (QED) is 0.130. The smallest absolute Gasteiger partial charge is 0.326 e. The lowest BCUT2D eigenvalue weighted by atomic mass is 9.96. The zero-order valence-corrected chi connectivity index (χ0v) is 35.9. The van der Waals surface area contributed by atoms with E-state index in [0.717, 1.165) is 16.0 Å². The monoisotopic (exact) mass is 848 g/mol. The minimum absolute atomic E-state index is 0.0510. The molecule has 2 aromatic rings. The number of amides is 8. The Bertz CT molecular complexity index is 1800. The van der Waals surface area contributed by atoms with E-state index < -0.39 is 102 Å². The molecule has 3 rings (SSSR count). The normalized spacial score (nSPS) is 22.7. The SMILES string of the molecule is CC[C@@H](C)[C@H](NC(=O)N[C@@H]1CCCCNC(=O)[C@H](Cc2ccccc2)NC(=O)[C@H](CC(N)=O)N(C)C(=O)[C@H](CCCc2ccccc2)NC(=O)[C@@H]([C@@H](C)CC)NC1=O)C(=O)O. The minimum atomic E-state index is -1.45. The number of nitrogens with one attached hydrogen (secondary N) is 6. The van der Waals surface area contributed by atoms with Gasteiger partial charge < -0.3 is 47.6 Å². The number of carboxylic acids is 1. The molecule has 9 N–H and O–H groups in total. The fraction of sp³-hybridized carbons (Fsp3) is 0.545. The summed E-state index contributed by atoms with van der Waals surface area (Å²) >= 11 is 0. The summed E-state index contributed by atoms with van der Waals surface area (Å²) in [5.74, 6) is -6.43. The number of hydrogen-bond donors (Lipinski definition) is 8. The molecule has 1 heterocycles. The molecule has 0 saturated carbocycles. The number of carbonyl (C=O) groups excluding carboxylic acids is 7. The molecule has 1 aliphatic rings. The Kier molecular flexibility index (Phi) is 20.2. The first-order chi connectivity index (χ1) is 29.1. The summed E-state index contributed by atoms with van der Waals surface area (Å²) in [5.41, 5.74) is 7.32. The number of rotatable bonds is 15. The van der Waals surface area contributed by atoms with Crippen molar-refractivity contribution in [2.45, 2.75) is 128 Å². The van der Waals surface area contributed by atoms with Crippen LogP contribution in [0.3, 0.4) is 0 Å². The Morgan fingerprint density at radius 2 is 1.44 bits per heavy atom. The third kappa shape index (κ3) is 15.8. The molecule has 0 unspecified atom stereocenters. The van der Waals surface area contributed by atoms with E-state index in [2.05, 4.69) is 31.9 Å². The molecule has 17 nitrogen and oxygen atoms in total. The van der Waals surface area contributed by atoms with Crippen LogP contribution in [0.25, 0.3) is 0 Å². The predicted molar refractivity (Wildman–Crippen MR) is 228 cm³/mol. The van der Waals surface area contributed by atoms with E-state index in [9.17, 15) is 43.5 Å². The number of nitrogens with zero attached hydrogens (tertiary/aromatic N) is 1. The van der Waals surface area contributed by atoms with Crippen LogP contribution in [0.4, 0.5) is 4.79 Å². The number of nitrogens with two attached hydrogens (primary N) is 1. The first-order valence-corrected chi connectivity index (χ1v) is 21.2. The molecule has 0 spiro atoms. The molecule has 334 valence electrons. The minimum Gasteiger partial charge on any atom is -0.480 e. The van der Waals surface area contributed by atoms with Crippen molar-refractivity contribution in [3.05, 3.63) is 71.8 Å². The van der Waals surface area contributed by atoms with Crippen molar-refractivity contribution in [3.8, 4) is 0 Å². The first-order valence-electron chi connectivity index (χ1n) is 21.2. The van der Waals surface area contributed by atoms with Gasteiger partial charge in [-0.05, 0) is 61.5 Å². The third-order valence-corrected chi connectivity index (χ3v) is 11.2. The summed E-state index contributed by atoms with van der Waals surface area (Å²) in [6, 6.07) is 10.1. The molecule has 1 aliphatic heterocycles. The van der Waals surface area contributed by atoms with Crippen LogP contribution in [0.15, 0.2) is 60.7 Å². The number of carbonyl (C=O) groups is 8. The van der Waals surface area contributed by atoms with E-state index in [0.29, 0.717) is 38.5 Å².